The quantitative estimate of drug-likeness (QED) is 0.802. The molecule has 0 saturated carbocycles. The van der Waals surface area contributed by atoms with Gasteiger partial charge in [-0.25, -0.2) is 0 Å². The molecular formula is C19H26N4O. The van der Waals surface area contributed by atoms with E-state index in [1.165, 1.54) is 11.8 Å². The molecule has 0 aliphatic carbocycles. The first kappa shape index (κ1) is 15.6. The molecule has 4 rings (SSSR count). The lowest BCUT2D eigenvalue weighted by Crippen LogP contribution is -2.48. The van der Waals surface area contributed by atoms with Crippen molar-refractivity contribution in [2.45, 2.75) is 57.7 Å². The first-order chi connectivity index (χ1) is 11.7. The Morgan fingerprint density at radius 2 is 2.29 bits per heavy atom. The molecule has 128 valence electrons. The Labute approximate surface area is 142 Å². The molecule has 24 heavy (non-hydrogen) atoms. The molecule has 1 aromatic heterocycles. The maximum atomic E-state index is 12.8. The molecule has 1 amide bonds. The van der Waals surface area contributed by atoms with Crippen LogP contribution in [0.2, 0.25) is 0 Å². The van der Waals surface area contributed by atoms with Crippen molar-refractivity contribution in [1.82, 2.24) is 20.4 Å². The van der Waals surface area contributed by atoms with Crippen molar-refractivity contribution in [3.8, 4) is 0 Å². The first-order valence-electron chi connectivity index (χ1n) is 9.18. The van der Waals surface area contributed by atoms with Crippen molar-refractivity contribution in [3.05, 3.63) is 30.5 Å². The third-order valence-electron chi connectivity index (χ3n) is 5.98. The summed E-state index contributed by atoms with van der Waals surface area (Å²) < 4.78 is 2.02. The number of aromatic nitrogens is 2. The van der Waals surface area contributed by atoms with E-state index in [1.54, 1.807) is 0 Å². The van der Waals surface area contributed by atoms with Gasteiger partial charge in [-0.2, -0.15) is 5.10 Å². The van der Waals surface area contributed by atoms with E-state index in [0.29, 0.717) is 18.6 Å². The number of para-hydroxylation sites is 1. The Morgan fingerprint density at radius 3 is 3.04 bits per heavy atom. The predicted octanol–water partition coefficient (Wildman–Crippen LogP) is 2.46. The fourth-order valence-corrected chi connectivity index (χ4v) is 4.61. The molecule has 3 atom stereocenters. The van der Waals surface area contributed by atoms with Crippen LogP contribution in [0.15, 0.2) is 30.5 Å². The summed E-state index contributed by atoms with van der Waals surface area (Å²) in [4.78, 5) is 12.8. The van der Waals surface area contributed by atoms with Gasteiger partial charge in [0.1, 0.15) is 0 Å². The third-order valence-corrected chi connectivity index (χ3v) is 5.98. The molecule has 1 aromatic carbocycles. The second-order valence-electron chi connectivity index (χ2n) is 7.24. The lowest BCUT2D eigenvalue weighted by atomic mass is 9.71. The highest BCUT2D eigenvalue weighted by Crippen LogP contribution is 2.45. The third kappa shape index (κ3) is 2.51. The summed E-state index contributed by atoms with van der Waals surface area (Å²) in [5.74, 6) is 0.245. The van der Waals surface area contributed by atoms with Crippen molar-refractivity contribution in [3.63, 3.8) is 0 Å². The van der Waals surface area contributed by atoms with Gasteiger partial charge in [-0.3, -0.25) is 9.48 Å². The molecule has 2 bridgehead atoms. The summed E-state index contributed by atoms with van der Waals surface area (Å²) in [6.45, 7) is 3.70. The van der Waals surface area contributed by atoms with Gasteiger partial charge in [-0.15, -0.1) is 0 Å². The second kappa shape index (κ2) is 6.20. The monoisotopic (exact) mass is 326 g/mol. The number of fused-ring (bicyclic) bond motifs is 3. The second-order valence-corrected chi connectivity index (χ2v) is 7.24. The van der Waals surface area contributed by atoms with Gasteiger partial charge < -0.3 is 10.6 Å². The largest absolute Gasteiger partial charge is 0.356 e. The number of hydrogen-bond donors (Lipinski definition) is 2. The molecule has 2 fully saturated rings. The van der Waals surface area contributed by atoms with Crippen molar-refractivity contribution in [2.24, 2.45) is 5.41 Å². The zero-order valence-corrected chi connectivity index (χ0v) is 14.3. The van der Waals surface area contributed by atoms with Gasteiger partial charge in [0.25, 0.3) is 0 Å². The summed E-state index contributed by atoms with van der Waals surface area (Å²) >= 11 is 0. The van der Waals surface area contributed by atoms with Gasteiger partial charge in [-0.1, -0.05) is 25.1 Å². The molecule has 0 spiro atoms. The predicted molar refractivity (Wildman–Crippen MR) is 94.6 cm³/mol. The molecule has 2 saturated heterocycles. The van der Waals surface area contributed by atoms with Gasteiger partial charge >= 0.3 is 0 Å². The van der Waals surface area contributed by atoms with E-state index in [1.807, 2.05) is 23.0 Å². The highest BCUT2D eigenvalue weighted by atomic mass is 16.2. The number of carbonyl (C=O) groups is 1. The number of amides is 1. The number of carbonyl (C=O) groups excluding carboxylic acids is 1. The van der Waals surface area contributed by atoms with Gasteiger partial charge in [0.05, 0.1) is 17.1 Å². The number of nitrogens with one attached hydrogen (secondary N) is 2. The van der Waals surface area contributed by atoms with Crippen LogP contribution in [-0.2, 0) is 11.3 Å². The molecule has 2 aliphatic heterocycles. The van der Waals surface area contributed by atoms with Crippen molar-refractivity contribution in [1.29, 1.82) is 0 Å². The van der Waals surface area contributed by atoms with Crippen LogP contribution < -0.4 is 10.6 Å². The number of aryl methyl sites for hydroxylation is 1. The minimum absolute atomic E-state index is 0.179. The van der Waals surface area contributed by atoms with Crippen LogP contribution in [0.3, 0.4) is 0 Å². The molecule has 3 heterocycles. The molecule has 0 unspecified atom stereocenters. The van der Waals surface area contributed by atoms with Crippen LogP contribution in [0.5, 0.6) is 0 Å². The van der Waals surface area contributed by atoms with Gasteiger partial charge in [0.2, 0.25) is 5.91 Å². The van der Waals surface area contributed by atoms with E-state index >= 15 is 0 Å². The van der Waals surface area contributed by atoms with E-state index in [4.69, 9.17) is 0 Å². The minimum Gasteiger partial charge on any atom is -0.356 e. The van der Waals surface area contributed by atoms with Crippen LogP contribution in [0, 0.1) is 5.41 Å². The van der Waals surface area contributed by atoms with Crippen molar-refractivity contribution >= 4 is 16.8 Å². The average molecular weight is 326 g/mol. The fraction of sp³-hybridized carbons (Fsp3) is 0.579. The van der Waals surface area contributed by atoms with Crippen LogP contribution >= 0.6 is 0 Å². The molecule has 2 N–H and O–H groups in total. The Hall–Kier alpha value is -1.88. The van der Waals surface area contributed by atoms with Gasteiger partial charge in [0, 0.05) is 30.6 Å². The van der Waals surface area contributed by atoms with E-state index < -0.39 is 0 Å². The maximum absolute atomic E-state index is 12.8. The zero-order valence-electron chi connectivity index (χ0n) is 14.3. The van der Waals surface area contributed by atoms with Gasteiger partial charge in [0.15, 0.2) is 0 Å². The standard InChI is InChI=1S/C19H26N4O/c1-2-19(12-15-8-9-17(19)22-15)18(24)20-10-5-11-23-16-7-4-3-6-14(16)13-21-23/h3-4,6-7,13,15,17,22H,2,5,8-12H2,1H3,(H,20,24)/t15-,17+,19+/m0/s1. The highest BCUT2D eigenvalue weighted by molar-refractivity contribution is 5.84. The molecule has 2 aromatic rings. The Balaban J connectivity index is 1.32. The van der Waals surface area contributed by atoms with Crippen molar-refractivity contribution < 1.29 is 4.79 Å². The molecule has 2 aliphatic rings. The Morgan fingerprint density at radius 1 is 1.42 bits per heavy atom. The molecule has 0 radical (unpaired) electrons. The van der Waals surface area contributed by atoms with Crippen LogP contribution in [-0.4, -0.2) is 34.3 Å². The average Bonchev–Trinajstić information content (AvgIpc) is 3.33. The molecule has 5 nitrogen and oxygen atoms in total. The maximum Gasteiger partial charge on any atom is 0.227 e. The number of rotatable bonds is 6. The highest BCUT2D eigenvalue weighted by Gasteiger charge is 2.54. The molecule has 5 heteroatoms. The van der Waals surface area contributed by atoms with Crippen LogP contribution in [0.1, 0.15) is 39.0 Å². The lowest BCUT2D eigenvalue weighted by molar-refractivity contribution is -0.132. The zero-order chi connectivity index (χ0) is 16.6. The topological polar surface area (TPSA) is 59.0 Å². The van der Waals surface area contributed by atoms with Crippen LogP contribution in [0.25, 0.3) is 10.9 Å². The van der Waals surface area contributed by atoms with Crippen LogP contribution in [0.4, 0.5) is 0 Å². The Bertz CT molecular complexity index is 740. The first-order valence-corrected chi connectivity index (χ1v) is 9.18. The van der Waals surface area contributed by atoms with E-state index in [0.717, 1.165) is 37.7 Å². The number of benzene rings is 1. The number of nitrogens with zero attached hydrogens (tertiary/aromatic N) is 2. The number of hydrogen-bond acceptors (Lipinski definition) is 3. The van der Waals surface area contributed by atoms with Gasteiger partial charge in [-0.05, 0) is 38.2 Å². The SMILES string of the molecule is CC[C@@]1(C(=O)NCCCn2ncc3ccccc32)C[C@@H]2CC[C@H]1N2. The van der Waals surface area contributed by atoms with E-state index in [-0.39, 0.29) is 11.3 Å². The Kier molecular flexibility index (Phi) is 4.04. The normalized spacial score (nSPS) is 28.5. The van der Waals surface area contributed by atoms with E-state index in [9.17, 15) is 4.79 Å². The summed E-state index contributed by atoms with van der Waals surface area (Å²) in [6.07, 6.45) is 7.11. The van der Waals surface area contributed by atoms with E-state index in [2.05, 4.69) is 34.8 Å². The molecular weight excluding hydrogens is 300 g/mol. The van der Waals surface area contributed by atoms with Crippen molar-refractivity contribution in [2.75, 3.05) is 6.54 Å². The summed E-state index contributed by atoms with van der Waals surface area (Å²) in [7, 11) is 0. The summed E-state index contributed by atoms with van der Waals surface area (Å²) in [5, 5.41) is 12.4. The summed E-state index contributed by atoms with van der Waals surface area (Å²) in [6, 6.07) is 9.16. The smallest absolute Gasteiger partial charge is 0.227 e. The minimum atomic E-state index is -0.179. The summed E-state index contributed by atoms with van der Waals surface area (Å²) in [5.41, 5.74) is 0.979. The fourth-order valence-electron chi connectivity index (χ4n) is 4.61. The lowest BCUT2D eigenvalue weighted by Gasteiger charge is -2.34.